The number of para-hydroxylation sites is 2. The van der Waals surface area contributed by atoms with Crippen LogP contribution in [0.4, 0.5) is 20.2 Å². The smallest absolute Gasteiger partial charge is 0.229 e. The molecule has 0 radical (unpaired) electrons. The first kappa shape index (κ1) is 21.5. The Morgan fingerprint density at radius 2 is 1.78 bits per heavy atom. The van der Waals surface area contributed by atoms with Gasteiger partial charge in [-0.25, -0.2) is 8.78 Å². The molecule has 1 heterocycles. The van der Waals surface area contributed by atoms with Gasteiger partial charge in [-0.1, -0.05) is 42.5 Å². The number of carbonyl (C=O) groups excluding carboxylic acids is 2. The Labute approximate surface area is 184 Å². The van der Waals surface area contributed by atoms with E-state index in [1.807, 2.05) is 36.4 Å². The fourth-order valence-corrected chi connectivity index (χ4v) is 3.67. The molecule has 1 atom stereocenters. The summed E-state index contributed by atoms with van der Waals surface area (Å²) in [5.41, 5.74) is 1.62. The molecule has 1 unspecified atom stereocenters. The van der Waals surface area contributed by atoms with E-state index in [9.17, 15) is 18.4 Å². The number of anilines is 2. The number of nitrogens with zero attached hydrogens (tertiary/aromatic N) is 1. The molecule has 164 valence electrons. The van der Waals surface area contributed by atoms with Gasteiger partial charge in [0.05, 0.1) is 23.9 Å². The maximum atomic E-state index is 14.1. The fourth-order valence-electron chi connectivity index (χ4n) is 3.67. The van der Waals surface area contributed by atoms with Crippen molar-refractivity contribution < 1.29 is 23.1 Å². The third-order valence-electron chi connectivity index (χ3n) is 5.33. The molecule has 0 spiro atoms. The molecule has 2 amide bonds. The Hall–Kier alpha value is -3.74. The third-order valence-corrected chi connectivity index (χ3v) is 5.33. The quantitative estimate of drug-likeness (QED) is 0.590. The average molecular weight is 436 g/mol. The number of nitrogens with one attached hydrogen (secondary N) is 1. The van der Waals surface area contributed by atoms with Crippen molar-refractivity contribution in [3.8, 4) is 5.75 Å². The van der Waals surface area contributed by atoms with E-state index in [0.29, 0.717) is 18.0 Å². The lowest BCUT2D eigenvalue weighted by Crippen LogP contribution is -2.28. The molecule has 7 heteroatoms. The van der Waals surface area contributed by atoms with Crippen molar-refractivity contribution in [3.63, 3.8) is 0 Å². The molecule has 0 saturated carbocycles. The Balaban J connectivity index is 1.39. The van der Waals surface area contributed by atoms with Crippen LogP contribution in [0.1, 0.15) is 12.0 Å². The highest BCUT2D eigenvalue weighted by atomic mass is 19.1. The van der Waals surface area contributed by atoms with Gasteiger partial charge in [-0.05, 0) is 29.8 Å². The van der Waals surface area contributed by atoms with Crippen molar-refractivity contribution >= 4 is 23.2 Å². The molecule has 3 aromatic rings. The number of rotatable bonds is 7. The molecule has 0 bridgehead atoms. The lowest BCUT2D eigenvalue weighted by Gasteiger charge is -2.18. The van der Waals surface area contributed by atoms with Crippen molar-refractivity contribution in [3.05, 3.63) is 90.0 Å². The van der Waals surface area contributed by atoms with Gasteiger partial charge in [-0.2, -0.15) is 0 Å². The molecular weight excluding hydrogens is 414 g/mol. The van der Waals surface area contributed by atoms with Crippen LogP contribution in [0.25, 0.3) is 0 Å². The molecule has 1 aliphatic heterocycles. The summed E-state index contributed by atoms with van der Waals surface area (Å²) in [6, 6.07) is 20.0. The summed E-state index contributed by atoms with van der Waals surface area (Å²) in [6.07, 6.45) is 0.665. The van der Waals surface area contributed by atoms with E-state index >= 15 is 0 Å². The number of benzene rings is 3. The molecule has 3 aromatic carbocycles. The molecule has 1 fully saturated rings. The fraction of sp³-hybridized carbons (Fsp3) is 0.200. The number of hydrogen-bond acceptors (Lipinski definition) is 3. The normalized spacial score (nSPS) is 15.6. The first-order valence-electron chi connectivity index (χ1n) is 10.3. The van der Waals surface area contributed by atoms with Crippen LogP contribution in [0, 0.1) is 17.6 Å². The molecular formula is C25H22F2N2O3. The Kier molecular flexibility index (Phi) is 6.44. The van der Waals surface area contributed by atoms with Crippen molar-refractivity contribution in [2.75, 3.05) is 23.4 Å². The minimum Gasteiger partial charge on any atom is -0.491 e. The van der Waals surface area contributed by atoms with Gasteiger partial charge in [0.2, 0.25) is 11.8 Å². The Morgan fingerprint density at radius 1 is 1.03 bits per heavy atom. The van der Waals surface area contributed by atoms with Crippen molar-refractivity contribution in [2.24, 2.45) is 5.92 Å². The number of carbonyl (C=O) groups is 2. The van der Waals surface area contributed by atoms with E-state index in [1.165, 1.54) is 11.0 Å². The molecule has 32 heavy (non-hydrogen) atoms. The first-order valence-corrected chi connectivity index (χ1v) is 10.3. The van der Waals surface area contributed by atoms with E-state index in [0.717, 1.165) is 24.1 Å². The van der Waals surface area contributed by atoms with Gasteiger partial charge in [-0.15, -0.1) is 0 Å². The Morgan fingerprint density at radius 3 is 2.56 bits per heavy atom. The zero-order valence-corrected chi connectivity index (χ0v) is 17.3. The van der Waals surface area contributed by atoms with Gasteiger partial charge >= 0.3 is 0 Å². The lowest BCUT2D eigenvalue weighted by atomic mass is 10.1. The van der Waals surface area contributed by atoms with Crippen LogP contribution in [0.2, 0.25) is 0 Å². The maximum absolute atomic E-state index is 14.1. The zero-order chi connectivity index (χ0) is 22.5. The van der Waals surface area contributed by atoms with Crippen LogP contribution in [0.15, 0.2) is 72.8 Å². The maximum Gasteiger partial charge on any atom is 0.229 e. The minimum absolute atomic E-state index is 0.0181. The highest BCUT2D eigenvalue weighted by Crippen LogP contribution is 2.30. The second-order valence-electron chi connectivity index (χ2n) is 7.57. The minimum atomic E-state index is -0.837. The van der Waals surface area contributed by atoms with Crippen molar-refractivity contribution in [2.45, 2.75) is 12.8 Å². The van der Waals surface area contributed by atoms with Crippen LogP contribution in [0.3, 0.4) is 0 Å². The molecule has 5 nitrogen and oxygen atoms in total. The summed E-state index contributed by atoms with van der Waals surface area (Å²) >= 11 is 0. The molecule has 0 aromatic heterocycles. The molecule has 1 saturated heterocycles. The van der Waals surface area contributed by atoms with Crippen LogP contribution >= 0.6 is 0 Å². The topological polar surface area (TPSA) is 58.6 Å². The largest absolute Gasteiger partial charge is 0.491 e. The monoisotopic (exact) mass is 436 g/mol. The summed E-state index contributed by atoms with van der Waals surface area (Å²) in [5.74, 6) is -2.44. The van der Waals surface area contributed by atoms with E-state index in [1.54, 1.807) is 18.2 Å². The summed E-state index contributed by atoms with van der Waals surface area (Å²) in [4.78, 5) is 26.4. The average Bonchev–Trinajstić information content (AvgIpc) is 3.17. The van der Waals surface area contributed by atoms with Crippen molar-refractivity contribution in [1.29, 1.82) is 0 Å². The summed E-state index contributed by atoms with van der Waals surface area (Å²) < 4.78 is 33.1. The molecule has 1 N–H and O–H groups in total. The van der Waals surface area contributed by atoms with Gasteiger partial charge in [0, 0.05) is 25.5 Å². The summed E-state index contributed by atoms with van der Waals surface area (Å²) in [6.45, 7) is 0.459. The predicted molar refractivity (Wildman–Crippen MR) is 118 cm³/mol. The summed E-state index contributed by atoms with van der Waals surface area (Å²) in [7, 11) is 0. The summed E-state index contributed by atoms with van der Waals surface area (Å²) in [5, 5.41) is 2.82. The number of amides is 2. The molecule has 1 aliphatic rings. The van der Waals surface area contributed by atoms with Gasteiger partial charge in [-0.3, -0.25) is 9.59 Å². The van der Waals surface area contributed by atoms with Crippen LogP contribution in [0.5, 0.6) is 5.75 Å². The van der Waals surface area contributed by atoms with E-state index in [4.69, 9.17) is 4.74 Å². The van der Waals surface area contributed by atoms with Crippen LogP contribution in [-0.2, 0) is 16.0 Å². The van der Waals surface area contributed by atoms with Crippen LogP contribution in [-0.4, -0.2) is 25.0 Å². The van der Waals surface area contributed by atoms with Gasteiger partial charge in [0.15, 0.2) is 0 Å². The van der Waals surface area contributed by atoms with E-state index in [2.05, 4.69) is 5.32 Å². The molecule has 4 rings (SSSR count). The first-order chi connectivity index (χ1) is 15.5. The highest BCUT2D eigenvalue weighted by Gasteiger charge is 2.36. The van der Waals surface area contributed by atoms with Gasteiger partial charge in [0.25, 0.3) is 0 Å². The van der Waals surface area contributed by atoms with E-state index < -0.39 is 17.6 Å². The highest BCUT2D eigenvalue weighted by molar-refractivity contribution is 6.04. The van der Waals surface area contributed by atoms with Gasteiger partial charge in [0.1, 0.15) is 17.4 Å². The third kappa shape index (κ3) is 4.94. The molecule has 0 aliphatic carbocycles. The van der Waals surface area contributed by atoms with Crippen LogP contribution < -0.4 is 15.0 Å². The zero-order valence-electron chi connectivity index (χ0n) is 17.3. The SMILES string of the molecule is O=C(Nc1ccccc1OCCc1ccccc1)C1CC(=O)N(c2ccc(F)cc2F)C1. The van der Waals surface area contributed by atoms with Crippen molar-refractivity contribution in [1.82, 2.24) is 0 Å². The van der Waals surface area contributed by atoms with Gasteiger partial charge < -0.3 is 15.0 Å². The predicted octanol–water partition coefficient (Wildman–Crippen LogP) is 4.58. The second kappa shape index (κ2) is 9.60. The van der Waals surface area contributed by atoms with E-state index in [-0.39, 0.29) is 30.5 Å². The standard InChI is InChI=1S/C25H22F2N2O3/c26-19-10-11-22(20(27)15-19)29-16-18(14-24(29)30)25(31)28-21-8-4-5-9-23(21)32-13-12-17-6-2-1-3-7-17/h1-11,15,18H,12-14,16H2,(H,28,31). The lowest BCUT2D eigenvalue weighted by molar-refractivity contribution is -0.122. The number of halogens is 2. The number of ether oxygens (including phenoxy) is 1. The Bertz CT molecular complexity index is 1120. The number of hydrogen-bond donors (Lipinski definition) is 1. The second-order valence-corrected chi connectivity index (χ2v) is 7.57.